The van der Waals surface area contributed by atoms with Crippen LogP contribution in [0.1, 0.15) is 97.8 Å². The zero-order valence-electron chi connectivity index (χ0n) is 24.0. The number of carbonyl (C=O) groups excluding carboxylic acids is 2. The highest BCUT2D eigenvalue weighted by atomic mass is 16.6. The Balaban J connectivity index is 1.16. The molecule has 0 radical (unpaired) electrons. The number of esters is 2. The molecule has 6 aliphatic rings. The molecule has 0 unspecified atom stereocenters. The van der Waals surface area contributed by atoms with Gasteiger partial charge in [0.2, 0.25) is 0 Å². The van der Waals surface area contributed by atoms with Crippen LogP contribution >= 0.6 is 0 Å². The van der Waals surface area contributed by atoms with Crippen LogP contribution in [-0.4, -0.2) is 23.1 Å². The molecule has 5 aromatic carbocycles. The third-order valence-electron chi connectivity index (χ3n) is 11.8. The molecule has 42 heavy (non-hydrogen) atoms. The predicted molar refractivity (Wildman–Crippen MR) is 166 cm³/mol. The molecule has 212 valence electrons. The first-order valence-electron chi connectivity index (χ1n) is 16.1. The van der Waals surface area contributed by atoms with E-state index < -0.39 is 0 Å². The molecule has 11 rings (SSSR count). The zero-order chi connectivity index (χ0) is 28.1. The lowest BCUT2D eigenvalue weighted by atomic mass is 9.68. The molecule has 4 nitrogen and oxygen atoms in total. The molecule has 0 N–H and O–H groups in total. The first-order chi connectivity index (χ1) is 20.5. The van der Waals surface area contributed by atoms with Crippen molar-refractivity contribution in [3.63, 3.8) is 0 Å². The van der Waals surface area contributed by atoms with E-state index in [1.807, 2.05) is 24.3 Å². The molecule has 0 amide bonds. The number of ether oxygens (including phenoxy) is 2. The second-order valence-electron chi connectivity index (χ2n) is 13.9. The molecule has 6 aliphatic carbocycles. The maximum absolute atomic E-state index is 13.7. The van der Waals surface area contributed by atoms with Crippen molar-refractivity contribution in [1.82, 2.24) is 0 Å². The van der Waals surface area contributed by atoms with E-state index in [9.17, 15) is 9.59 Å². The molecular weight excluding hydrogens is 520 g/mol. The lowest BCUT2D eigenvalue weighted by molar-refractivity contribution is -0.0757. The molecule has 6 fully saturated rings. The Morgan fingerprint density at radius 1 is 0.476 bits per heavy atom. The molecule has 4 bridgehead atoms. The van der Waals surface area contributed by atoms with Crippen molar-refractivity contribution >= 4 is 55.0 Å². The molecular formula is C38H36O4. The Bertz CT molecular complexity index is 1710. The minimum absolute atomic E-state index is 0.197. The Kier molecular flexibility index (Phi) is 5.29. The minimum atomic E-state index is -0.286. The van der Waals surface area contributed by atoms with Gasteiger partial charge < -0.3 is 9.47 Å². The van der Waals surface area contributed by atoms with E-state index >= 15 is 0 Å². The number of hydrogen-bond acceptors (Lipinski definition) is 4. The summed E-state index contributed by atoms with van der Waals surface area (Å²) in [7, 11) is 0. The predicted octanol–water partition coefficient (Wildman–Crippen LogP) is 9.50. The monoisotopic (exact) mass is 556 g/mol. The highest BCUT2D eigenvalue weighted by molar-refractivity contribution is 6.35. The normalized spacial score (nSPS) is 28.7. The van der Waals surface area contributed by atoms with E-state index in [0.717, 1.165) is 93.5 Å². The van der Waals surface area contributed by atoms with Gasteiger partial charge in [0.05, 0.1) is 11.1 Å². The lowest BCUT2D eigenvalue weighted by Crippen LogP contribution is -2.43. The first kappa shape index (κ1) is 24.9. The van der Waals surface area contributed by atoms with E-state index in [2.05, 4.69) is 36.4 Å². The lowest BCUT2D eigenvalue weighted by Gasteiger charge is -2.45. The quantitative estimate of drug-likeness (QED) is 0.126. The van der Waals surface area contributed by atoms with Gasteiger partial charge in [-0.05, 0) is 144 Å². The van der Waals surface area contributed by atoms with Crippen LogP contribution in [0.3, 0.4) is 0 Å². The summed E-state index contributed by atoms with van der Waals surface area (Å²) >= 11 is 0. The largest absolute Gasteiger partial charge is 0.455 e. The fraction of sp³-hybridized carbons (Fsp3) is 0.421. The summed E-state index contributed by atoms with van der Waals surface area (Å²) in [5, 5.41) is 8.45. The van der Waals surface area contributed by atoms with Gasteiger partial charge in [0.15, 0.2) is 0 Å². The third kappa shape index (κ3) is 3.60. The number of carbonyl (C=O) groups is 2. The summed E-state index contributed by atoms with van der Waals surface area (Å²) in [6.45, 7) is 0. The third-order valence-corrected chi connectivity index (χ3v) is 11.8. The average molecular weight is 557 g/mol. The van der Waals surface area contributed by atoms with E-state index in [1.165, 1.54) is 38.5 Å². The molecule has 0 heterocycles. The van der Waals surface area contributed by atoms with Crippen LogP contribution in [0.15, 0.2) is 60.7 Å². The Morgan fingerprint density at radius 2 is 0.810 bits per heavy atom. The van der Waals surface area contributed by atoms with Crippen LogP contribution in [0.25, 0.3) is 43.1 Å². The Labute approximate surface area is 245 Å². The summed E-state index contributed by atoms with van der Waals surface area (Å²) in [5.41, 5.74) is 0.723. The summed E-state index contributed by atoms with van der Waals surface area (Å²) in [5.74, 6) is 1.24. The fourth-order valence-corrected chi connectivity index (χ4v) is 9.30. The van der Waals surface area contributed by atoms with Crippen LogP contribution in [0.2, 0.25) is 0 Å². The zero-order valence-corrected chi connectivity index (χ0v) is 24.0. The van der Waals surface area contributed by atoms with Crippen LogP contribution in [0.4, 0.5) is 0 Å². The standard InChI is InChI=1S/C38H36O4/c39-35(41-37-17-11-23(12-18-37)13-19-37)31-9-8-30-26-4-2-6-28-32(36(40)42-38-20-14-24(15-21-38)16-22-38)10-7-29(34(26)28)25-3-1-5-27(31)33(25)30/h1-10,23-24H,11-22H2. The van der Waals surface area contributed by atoms with E-state index in [4.69, 9.17) is 9.47 Å². The van der Waals surface area contributed by atoms with Gasteiger partial charge in [-0.1, -0.05) is 48.5 Å². The van der Waals surface area contributed by atoms with Crippen molar-refractivity contribution in [3.05, 3.63) is 71.8 Å². The molecule has 6 saturated carbocycles. The summed E-state index contributed by atoms with van der Waals surface area (Å²) in [4.78, 5) is 27.5. The highest BCUT2D eigenvalue weighted by Crippen LogP contribution is 2.49. The summed E-state index contributed by atoms with van der Waals surface area (Å²) < 4.78 is 12.7. The van der Waals surface area contributed by atoms with Crippen molar-refractivity contribution in [2.45, 2.75) is 88.3 Å². The number of fused-ring (bicyclic) bond motifs is 8. The summed E-state index contributed by atoms with van der Waals surface area (Å²) in [6, 6.07) is 20.6. The van der Waals surface area contributed by atoms with Gasteiger partial charge >= 0.3 is 11.9 Å². The molecule has 0 atom stereocenters. The van der Waals surface area contributed by atoms with E-state index in [0.29, 0.717) is 11.1 Å². The number of benzene rings is 5. The van der Waals surface area contributed by atoms with Crippen LogP contribution in [0, 0.1) is 11.8 Å². The van der Waals surface area contributed by atoms with E-state index in [1.54, 1.807) is 0 Å². The van der Waals surface area contributed by atoms with Gasteiger partial charge in [-0.25, -0.2) is 9.59 Å². The molecule has 0 aromatic heterocycles. The molecule has 0 aliphatic heterocycles. The smallest absolute Gasteiger partial charge is 0.339 e. The van der Waals surface area contributed by atoms with E-state index in [-0.39, 0.29) is 23.1 Å². The van der Waals surface area contributed by atoms with Crippen molar-refractivity contribution in [1.29, 1.82) is 0 Å². The number of rotatable bonds is 4. The Morgan fingerprint density at radius 3 is 1.19 bits per heavy atom. The van der Waals surface area contributed by atoms with Gasteiger partial charge in [0.1, 0.15) is 11.2 Å². The first-order valence-corrected chi connectivity index (χ1v) is 16.1. The minimum Gasteiger partial charge on any atom is -0.455 e. The SMILES string of the molecule is O=C(OC12CCC(CC1)CC2)c1ccc2c3cccc4c(C(=O)OC56CCC(CC5)CC6)ccc(c5cccc1c52)c43. The second-order valence-corrected chi connectivity index (χ2v) is 13.9. The summed E-state index contributed by atoms with van der Waals surface area (Å²) in [6.07, 6.45) is 13.0. The van der Waals surface area contributed by atoms with Crippen LogP contribution in [0.5, 0.6) is 0 Å². The van der Waals surface area contributed by atoms with Crippen molar-refractivity contribution in [2.75, 3.05) is 0 Å². The van der Waals surface area contributed by atoms with Gasteiger partial charge in [-0.2, -0.15) is 0 Å². The van der Waals surface area contributed by atoms with Gasteiger partial charge in [0, 0.05) is 0 Å². The van der Waals surface area contributed by atoms with Crippen molar-refractivity contribution < 1.29 is 19.1 Å². The molecule has 4 heteroatoms. The van der Waals surface area contributed by atoms with Crippen molar-refractivity contribution in [3.8, 4) is 0 Å². The maximum atomic E-state index is 13.7. The van der Waals surface area contributed by atoms with Crippen LogP contribution < -0.4 is 0 Å². The van der Waals surface area contributed by atoms with Gasteiger partial charge in [-0.3, -0.25) is 0 Å². The topological polar surface area (TPSA) is 52.6 Å². The van der Waals surface area contributed by atoms with Crippen molar-refractivity contribution in [2.24, 2.45) is 11.8 Å². The van der Waals surface area contributed by atoms with Crippen LogP contribution in [-0.2, 0) is 9.47 Å². The second kappa shape index (κ2) is 8.92. The molecule has 0 saturated heterocycles. The number of hydrogen-bond donors (Lipinski definition) is 0. The van der Waals surface area contributed by atoms with Gasteiger partial charge in [0.25, 0.3) is 0 Å². The fourth-order valence-electron chi connectivity index (χ4n) is 9.30. The Hall–Kier alpha value is -3.66. The molecule has 0 spiro atoms. The average Bonchev–Trinajstić information content (AvgIpc) is 3.04. The van der Waals surface area contributed by atoms with Gasteiger partial charge in [-0.15, -0.1) is 0 Å². The maximum Gasteiger partial charge on any atom is 0.339 e. The molecule has 5 aromatic rings. The highest BCUT2D eigenvalue weighted by Gasteiger charge is 2.45.